The van der Waals surface area contributed by atoms with Gasteiger partial charge in [-0.05, 0) is 19.3 Å². The van der Waals surface area contributed by atoms with Crippen molar-refractivity contribution in [3.05, 3.63) is 0 Å². The predicted octanol–water partition coefficient (Wildman–Crippen LogP) is 0.683. The van der Waals surface area contributed by atoms with Gasteiger partial charge in [-0.1, -0.05) is 20.3 Å². The first-order valence-corrected chi connectivity index (χ1v) is 6.10. The van der Waals surface area contributed by atoms with Crippen molar-refractivity contribution in [2.75, 3.05) is 13.1 Å². The summed E-state index contributed by atoms with van der Waals surface area (Å²) in [7, 11) is 0. The summed E-state index contributed by atoms with van der Waals surface area (Å²) in [5.41, 5.74) is 5.11. The Labute approximate surface area is 102 Å². The van der Waals surface area contributed by atoms with E-state index in [0.717, 1.165) is 6.42 Å². The summed E-state index contributed by atoms with van der Waals surface area (Å²) in [5, 5.41) is 9.02. The minimum atomic E-state index is -0.873. The maximum atomic E-state index is 12.2. The minimum Gasteiger partial charge on any atom is -0.481 e. The van der Waals surface area contributed by atoms with Crippen LogP contribution in [-0.2, 0) is 9.59 Å². The molecule has 1 heterocycles. The number of hydrogen-bond donors (Lipinski definition) is 2. The molecule has 1 fully saturated rings. The second-order valence-electron chi connectivity index (χ2n) is 5.30. The molecular weight excluding hydrogens is 220 g/mol. The van der Waals surface area contributed by atoms with Crippen molar-refractivity contribution in [2.45, 2.75) is 39.2 Å². The molecule has 1 rings (SSSR count). The van der Waals surface area contributed by atoms with E-state index < -0.39 is 17.4 Å². The number of likely N-dealkylation sites (tertiary alicyclic amines) is 1. The normalized spacial score (nSPS) is 27.9. The van der Waals surface area contributed by atoms with Crippen LogP contribution in [0.3, 0.4) is 0 Å². The molecule has 3 atom stereocenters. The van der Waals surface area contributed by atoms with Gasteiger partial charge in [-0.25, -0.2) is 0 Å². The average Bonchev–Trinajstić information content (AvgIpc) is 2.59. The van der Waals surface area contributed by atoms with Gasteiger partial charge in [0.15, 0.2) is 0 Å². The molecule has 1 saturated heterocycles. The molecule has 0 spiro atoms. The number of aliphatic carboxylic acids is 1. The number of nitrogens with two attached hydrogens (primary N) is 1. The summed E-state index contributed by atoms with van der Waals surface area (Å²) >= 11 is 0. The molecule has 5 nitrogen and oxygen atoms in total. The molecule has 0 aromatic rings. The van der Waals surface area contributed by atoms with Crippen molar-refractivity contribution in [1.82, 2.24) is 4.90 Å². The Hall–Kier alpha value is -1.10. The van der Waals surface area contributed by atoms with E-state index in [2.05, 4.69) is 0 Å². The quantitative estimate of drug-likeness (QED) is 0.759. The number of amides is 1. The summed E-state index contributed by atoms with van der Waals surface area (Å²) in [6.45, 7) is 6.33. The fourth-order valence-corrected chi connectivity index (χ4v) is 2.44. The molecule has 0 bridgehead atoms. The minimum absolute atomic E-state index is 0.00567. The van der Waals surface area contributed by atoms with E-state index in [1.165, 1.54) is 0 Å². The fourth-order valence-electron chi connectivity index (χ4n) is 2.44. The maximum Gasteiger partial charge on any atom is 0.308 e. The Morgan fingerprint density at radius 1 is 1.47 bits per heavy atom. The van der Waals surface area contributed by atoms with Gasteiger partial charge in [-0.3, -0.25) is 9.59 Å². The zero-order valence-electron chi connectivity index (χ0n) is 10.8. The van der Waals surface area contributed by atoms with Crippen LogP contribution < -0.4 is 5.73 Å². The number of carboxylic acids is 1. The molecule has 0 aliphatic carbocycles. The molecule has 0 saturated carbocycles. The van der Waals surface area contributed by atoms with Crippen LogP contribution in [0.15, 0.2) is 0 Å². The van der Waals surface area contributed by atoms with Gasteiger partial charge in [0.1, 0.15) is 0 Å². The molecule has 1 aliphatic heterocycles. The lowest BCUT2D eigenvalue weighted by atomic mass is 9.96. The van der Waals surface area contributed by atoms with E-state index >= 15 is 0 Å². The third-order valence-corrected chi connectivity index (χ3v) is 3.47. The molecule has 0 aromatic heterocycles. The molecule has 1 amide bonds. The standard InChI is InChI=1S/C12H22N2O3/c1-4-5-12(3,13)11(17)14-6-8(2)9(7-14)10(15)16/h8-9H,4-7,13H2,1-3H3,(H,15,16)/t8-,9-,12?/m1/s1. The van der Waals surface area contributed by atoms with E-state index in [9.17, 15) is 9.59 Å². The number of nitrogens with zero attached hydrogens (tertiary/aromatic N) is 1. The first-order chi connectivity index (χ1) is 7.79. The van der Waals surface area contributed by atoms with Crippen LogP contribution in [0.4, 0.5) is 0 Å². The van der Waals surface area contributed by atoms with Crippen molar-refractivity contribution < 1.29 is 14.7 Å². The van der Waals surface area contributed by atoms with Crippen molar-refractivity contribution >= 4 is 11.9 Å². The largest absolute Gasteiger partial charge is 0.481 e. The summed E-state index contributed by atoms with van der Waals surface area (Å²) in [6.07, 6.45) is 1.46. The van der Waals surface area contributed by atoms with E-state index in [0.29, 0.717) is 13.0 Å². The van der Waals surface area contributed by atoms with Crippen molar-refractivity contribution in [3.8, 4) is 0 Å². The summed E-state index contributed by atoms with van der Waals surface area (Å²) in [4.78, 5) is 24.8. The highest BCUT2D eigenvalue weighted by Gasteiger charge is 2.41. The molecule has 5 heteroatoms. The Morgan fingerprint density at radius 2 is 2.06 bits per heavy atom. The monoisotopic (exact) mass is 242 g/mol. The highest BCUT2D eigenvalue weighted by Crippen LogP contribution is 2.25. The third kappa shape index (κ3) is 2.97. The van der Waals surface area contributed by atoms with Gasteiger partial charge < -0.3 is 15.7 Å². The van der Waals surface area contributed by atoms with Gasteiger partial charge in [0.05, 0.1) is 11.5 Å². The molecule has 98 valence electrons. The molecule has 0 aromatic carbocycles. The van der Waals surface area contributed by atoms with E-state index in [1.807, 2.05) is 13.8 Å². The Morgan fingerprint density at radius 3 is 2.47 bits per heavy atom. The summed E-state index contributed by atoms with van der Waals surface area (Å²) in [5.74, 6) is -1.43. The second-order valence-corrected chi connectivity index (χ2v) is 5.30. The highest BCUT2D eigenvalue weighted by atomic mass is 16.4. The average molecular weight is 242 g/mol. The van der Waals surface area contributed by atoms with Crippen LogP contribution in [0, 0.1) is 11.8 Å². The van der Waals surface area contributed by atoms with E-state index in [4.69, 9.17) is 10.8 Å². The third-order valence-electron chi connectivity index (χ3n) is 3.47. The van der Waals surface area contributed by atoms with Crippen LogP contribution in [-0.4, -0.2) is 40.5 Å². The lowest BCUT2D eigenvalue weighted by Crippen LogP contribution is -2.52. The SMILES string of the molecule is CCCC(C)(N)C(=O)N1C[C@@H](C)[C@H](C(=O)O)C1. The number of rotatable bonds is 4. The smallest absolute Gasteiger partial charge is 0.308 e. The zero-order chi connectivity index (χ0) is 13.2. The van der Waals surface area contributed by atoms with Crippen molar-refractivity contribution in [2.24, 2.45) is 17.6 Å². The lowest BCUT2D eigenvalue weighted by Gasteiger charge is -2.28. The van der Waals surface area contributed by atoms with Gasteiger partial charge in [0.25, 0.3) is 0 Å². The van der Waals surface area contributed by atoms with Gasteiger partial charge in [-0.15, -0.1) is 0 Å². The molecular formula is C12H22N2O3. The van der Waals surface area contributed by atoms with Crippen LogP contribution in [0.2, 0.25) is 0 Å². The van der Waals surface area contributed by atoms with Crippen LogP contribution in [0.25, 0.3) is 0 Å². The van der Waals surface area contributed by atoms with E-state index in [1.54, 1.807) is 11.8 Å². The molecule has 3 N–H and O–H groups in total. The number of hydrogen-bond acceptors (Lipinski definition) is 3. The molecule has 1 unspecified atom stereocenters. The van der Waals surface area contributed by atoms with Crippen LogP contribution in [0.1, 0.15) is 33.6 Å². The van der Waals surface area contributed by atoms with Crippen molar-refractivity contribution in [3.63, 3.8) is 0 Å². The Bertz CT molecular complexity index is 315. The number of carbonyl (C=O) groups excluding carboxylic acids is 1. The van der Waals surface area contributed by atoms with E-state index in [-0.39, 0.29) is 18.4 Å². The van der Waals surface area contributed by atoms with Gasteiger partial charge in [-0.2, -0.15) is 0 Å². The Kier molecular flexibility index (Phi) is 4.14. The van der Waals surface area contributed by atoms with Crippen molar-refractivity contribution in [1.29, 1.82) is 0 Å². The first-order valence-electron chi connectivity index (χ1n) is 6.10. The zero-order valence-corrected chi connectivity index (χ0v) is 10.8. The van der Waals surface area contributed by atoms with Gasteiger partial charge in [0.2, 0.25) is 5.91 Å². The van der Waals surface area contributed by atoms with Gasteiger partial charge >= 0.3 is 5.97 Å². The number of carboxylic acid groups (broad SMARTS) is 1. The topological polar surface area (TPSA) is 83.6 Å². The summed E-state index contributed by atoms with van der Waals surface area (Å²) < 4.78 is 0. The van der Waals surface area contributed by atoms with Crippen LogP contribution >= 0.6 is 0 Å². The van der Waals surface area contributed by atoms with Gasteiger partial charge in [0, 0.05) is 13.1 Å². The highest BCUT2D eigenvalue weighted by molar-refractivity contribution is 5.86. The predicted molar refractivity (Wildman–Crippen MR) is 64.4 cm³/mol. The second kappa shape index (κ2) is 5.04. The lowest BCUT2D eigenvalue weighted by molar-refractivity contribution is -0.142. The van der Waals surface area contributed by atoms with Crippen LogP contribution in [0.5, 0.6) is 0 Å². The molecule has 17 heavy (non-hydrogen) atoms. The molecule has 0 radical (unpaired) electrons. The first kappa shape index (κ1) is 14.0. The number of carbonyl (C=O) groups is 2. The molecule has 1 aliphatic rings. The maximum absolute atomic E-state index is 12.2. The summed E-state index contributed by atoms with van der Waals surface area (Å²) in [6, 6.07) is 0. The Balaban J connectivity index is 2.70. The fraction of sp³-hybridized carbons (Fsp3) is 0.833.